The van der Waals surface area contributed by atoms with Crippen LogP contribution >= 0.6 is 0 Å². The van der Waals surface area contributed by atoms with Crippen molar-refractivity contribution < 1.29 is 14.6 Å². The predicted octanol–water partition coefficient (Wildman–Crippen LogP) is 5.90. The number of para-hydroxylation sites is 1. The van der Waals surface area contributed by atoms with Gasteiger partial charge in [0.2, 0.25) is 0 Å². The van der Waals surface area contributed by atoms with Crippen molar-refractivity contribution in [1.29, 1.82) is 0 Å². The van der Waals surface area contributed by atoms with Gasteiger partial charge in [-0.3, -0.25) is 4.79 Å². The minimum atomic E-state index is -0.448. The molecule has 0 unspecified atom stereocenters. The van der Waals surface area contributed by atoms with Gasteiger partial charge in [-0.15, -0.1) is 0 Å². The quantitative estimate of drug-likeness (QED) is 0.631. The summed E-state index contributed by atoms with van der Waals surface area (Å²) in [6.07, 6.45) is 10.4. The largest absolute Gasteiger partial charge is 0.496 e. The van der Waals surface area contributed by atoms with Crippen LogP contribution in [-0.2, 0) is 0 Å². The number of methoxy groups -OCH3 is 1. The first-order chi connectivity index (χ1) is 14.3. The molecule has 4 aliphatic rings. The monoisotopic (exact) mass is 410 g/mol. The van der Waals surface area contributed by atoms with Crippen LogP contribution in [0.3, 0.4) is 0 Å². The van der Waals surface area contributed by atoms with E-state index in [9.17, 15) is 9.90 Å². The number of carbonyl (C=O) groups is 1. The van der Waals surface area contributed by atoms with Crippen LogP contribution < -0.4 is 4.74 Å². The van der Waals surface area contributed by atoms with Crippen LogP contribution in [0.1, 0.15) is 82.0 Å². The maximum Gasteiger partial charge on any atom is 0.170 e. The Morgan fingerprint density at radius 3 is 2.53 bits per heavy atom. The van der Waals surface area contributed by atoms with Gasteiger partial charge in [0.05, 0.1) is 18.3 Å². The number of Topliss-reactive ketones (excluding diaryl/α,β-unsaturated/α-hetero) is 1. The van der Waals surface area contributed by atoms with E-state index in [1.54, 1.807) is 7.11 Å². The van der Waals surface area contributed by atoms with Crippen LogP contribution in [0.4, 0.5) is 0 Å². The Hall–Kier alpha value is -1.35. The van der Waals surface area contributed by atoms with Crippen molar-refractivity contribution in [3.05, 3.63) is 29.8 Å². The van der Waals surface area contributed by atoms with Crippen molar-refractivity contribution in [2.24, 2.45) is 40.9 Å². The van der Waals surface area contributed by atoms with E-state index in [2.05, 4.69) is 6.92 Å². The fourth-order valence-corrected chi connectivity index (χ4v) is 8.55. The van der Waals surface area contributed by atoms with E-state index < -0.39 is 5.60 Å². The highest BCUT2D eigenvalue weighted by atomic mass is 16.5. The summed E-state index contributed by atoms with van der Waals surface area (Å²) in [4.78, 5) is 13.6. The van der Waals surface area contributed by atoms with Gasteiger partial charge in [0, 0.05) is 5.92 Å². The van der Waals surface area contributed by atoms with Crippen molar-refractivity contribution in [2.45, 2.75) is 77.2 Å². The molecule has 0 bridgehead atoms. The zero-order chi connectivity index (χ0) is 21.1. The van der Waals surface area contributed by atoms with Crippen LogP contribution in [0.2, 0.25) is 0 Å². The Morgan fingerprint density at radius 1 is 0.967 bits per heavy atom. The maximum absolute atomic E-state index is 13.6. The van der Waals surface area contributed by atoms with Gasteiger partial charge in [-0.2, -0.15) is 0 Å². The lowest BCUT2D eigenvalue weighted by Gasteiger charge is -2.56. The molecule has 0 radical (unpaired) electrons. The lowest BCUT2D eigenvalue weighted by molar-refractivity contribution is -0.0976. The minimum absolute atomic E-state index is 0.129. The predicted molar refractivity (Wildman–Crippen MR) is 119 cm³/mol. The third kappa shape index (κ3) is 3.15. The molecule has 4 saturated carbocycles. The molecule has 3 nitrogen and oxygen atoms in total. The van der Waals surface area contributed by atoms with Crippen LogP contribution in [0.5, 0.6) is 5.75 Å². The third-order valence-electron chi connectivity index (χ3n) is 9.93. The Morgan fingerprint density at radius 2 is 1.73 bits per heavy atom. The van der Waals surface area contributed by atoms with Gasteiger partial charge in [0.25, 0.3) is 0 Å². The molecule has 0 saturated heterocycles. The molecule has 1 aromatic carbocycles. The first kappa shape index (κ1) is 20.5. The maximum atomic E-state index is 13.6. The Labute approximate surface area is 181 Å². The molecule has 5 rings (SSSR count). The van der Waals surface area contributed by atoms with Crippen molar-refractivity contribution in [3.63, 3.8) is 0 Å². The number of aliphatic hydroxyl groups is 1. The van der Waals surface area contributed by atoms with Gasteiger partial charge >= 0.3 is 0 Å². The number of benzene rings is 1. The summed E-state index contributed by atoms with van der Waals surface area (Å²) in [5.74, 6) is 4.95. The molecule has 4 fully saturated rings. The lowest BCUT2D eigenvalue weighted by atomic mass is 9.49. The average molecular weight is 411 g/mol. The van der Waals surface area contributed by atoms with Crippen LogP contribution in [0.25, 0.3) is 0 Å². The number of hydrogen-bond donors (Lipinski definition) is 1. The van der Waals surface area contributed by atoms with E-state index >= 15 is 0 Å². The van der Waals surface area contributed by atoms with Gasteiger partial charge in [0.1, 0.15) is 5.75 Å². The van der Waals surface area contributed by atoms with Gasteiger partial charge in [0.15, 0.2) is 5.78 Å². The molecule has 3 heteroatoms. The van der Waals surface area contributed by atoms with E-state index in [1.807, 2.05) is 31.2 Å². The lowest BCUT2D eigenvalue weighted by Crippen LogP contribution is -2.51. The number of fused-ring (bicyclic) bond motifs is 5. The molecule has 164 valence electrons. The number of ether oxygens (including phenoxy) is 1. The molecule has 1 N–H and O–H groups in total. The third-order valence-corrected chi connectivity index (χ3v) is 9.93. The fraction of sp³-hybridized carbons (Fsp3) is 0.741. The summed E-state index contributed by atoms with van der Waals surface area (Å²) in [6, 6.07) is 7.77. The average Bonchev–Trinajstić information content (AvgIpc) is 3.09. The molecule has 30 heavy (non-hydrogen) atoms. The highest BCUT2D eigenvalue weighted by Gasteiger charge is 2.59. The summed E-state index contributed by atoms with van der Waals surface area (Å²) >= 11 is 0. The standard InChI is InChI=1S/C27H38O3/c1-26(29)14-12-18-17(16-26)8-9-20-19(18)13-15-27(2)22(20)10-11-23(27)25(28)21-6-4-5-7-24(21)30-3/h4-7,17-20,22-23,29H,8-16H2,1-3H3/t17-,18+,19-,20-,22+,23-,26-,27+/m1/s1. The molecule has 0 aromatic heterocycles. The Kier molecular flexibility index (Phi) is 5.04. The van der Waals surface area contributed by atoms with Crippen LogP contribution in [0, 0.1) is 40.9 Å². The van der Waals surface area contributed by atoms with Crippen molar-refractivity contribution in [3.8, 4) is 5.75 Å². The van der Waals surface area contributed by atoms with Crippen molar-refractivity contribution >= 4 is 5.78 Å². The fourth-order valence-electron chi connectivity index (χ4n) is 8.55. The van der Waals surface area contributed by atoms with E-state index in [1.165, 1.54) is 38.5 Å². The van der Waals surface area contributed by atoms with E-state index in [-0.39, 0.29) is 11.3 Å². The van der Waals surface area contributed by atoms with E-state index in [4.69, 9.17) is 4.74 Å². The minimum Gasteiger partial charge on any atom is -0.496 e. The summed E-state index contributed by atoms with van der Waals surface area (Å²) in [6.45, 7) is 4.47. The van der Waals surface area contributed by atoms with E-state index in [0.29, 0.717) is 17.6 Å². The van der Waals surface area contributed by atoms with Crippen molar-refractivity contribution in [2.75, 3.05) is 7.11 Å². The number of ketones is 1. The Bertz CT molecular complexity index is 814. The normalized spacial score (nSPS) is 45.2. The smallest absolute Gasteiger partial charge is 0.170 e. The van der Waals surface area contributed by atoms with Crippen LogP contribution in [0.15, 0.2) is 24.3 Å². The second kappa shape index (κ2) is 7.36. The molecule has 0 amide bonds. The number of carbonyl (C=O) groups excluding carboxylic acids is 1. The second-order valence-electron chi connectivity index (χ2n) is 11.4. The summed E-state index contributed by atoms with van der Waals surface area (Å²) in [5.41, 5.74) is 0.454. The highest BCUT2D eigenvalue weighted by molar-refractivity contribution is 6.01. The Balaban J connectivity index is 1.38. The van der Waals surface area contributed by atoms with Gasteiger partial charge in [-0.1, -0.05) is 19.1 Å². The first-order valence-electron chi connectivity index (χ1n) is 12.2. The second-order valence-corrected chi connectivity index (χ2v) is 11.4. The molecular formula is C27H38O3. The summed E-state index contributed by atoms with van der Waals surface area (Å²) in [5, 5.41) is 10.6. The van der Waals surface area contributed by atoms with Gasteiger partial charge in [-0.25, -0.2) is 0 Å². The number of rotatable bonds is 3. The highest BCUT2D eigenvalue weighted by Crippen LogP contribution is 2.65. The molecular weight excluding hydrogens is 372 g/mol. The molecule has 0 heterocycles. The summed E-state index contributed by atoms with van der Waals surface area (Å²) in [7, 11) is 1.66. The van der Waals surface area contributed by atoms with Crippen molar-refractivity contribution in [1.82, 2.24) is 0 Å². The molecule has 0 spiro atoms. The first-order valence-corrected chi connectivity index (χ1v) is 12.2. The molecule has 8 atom stereocenters. The number of hydrogen-bond acceptors (Lipinski definition) is 3. The van der Waals surface area contributed by atoms with E-state index in [0.717, 1.165) is 48.3 Å². The van der Waals surface area contributed by atoms with Gasteiger partial charge < -0.3 is 9.84 Å². The topological polar surface area (TPSA) is 46.5 Å². The zero-order valence-electron chi connectivity index (χ0n) is 18.9. The molecule has 4 aliphatic carbocycles. The van der Waals surface area contributed by atoms with Gasteiger partial charge in [-0.05, 0) is 112 Å². The zero-order valence-corrected chi connectivity index (χ0v) is 18.9. The molecule has 0 aliphatic heterocycles. The molecule has 1 aromatic rings. The summed E-state index contributed by atoms with van der Waals surface area (Å²) < 4.78 is 5.52. The van der Waals surface area contributed by atoms with Crippen LogP contribution in [-0.4, -0.2) is 23.6 Å². The SMILES string of the molecule is COc1ccccc1C(=O)[C@H]1CC[C@H]2[C@@H]3CC[C@@H]4C[C@](C)(O)CC[C@@H]4[C@H]3CC[C@]12C.